The number of aromatic nitrogens is 1. The van der Waals surface area contributed by atoms with E-state index in [0.717, 1.165) is 23.1 Å². The molecular formula is C17H16N2. The van der Waals surface area contributed by atoms with Crippen LogP contribution in [0.2, 0.25) is 0 Å². The van der Waals surface area contributed by atoms with E-state index in [1.165, 1.54) is 11.1 Å². The summed E-state index contributed by atoms with van der Waals surface area (Å²) in [5, 5.41) is 4.60. The Morgan fingerprint density at radius 2 is 1.79 bits per heavy atom. The summed E-state index contributed by atoms with van der Waals surface area (Å²) in [5.41, 5.74) is 4.71. The second kappa shape index (κ2) is 5.11. The van der Waals surface area contributed by atoms with Crippen LogP contribution in [0.15, 0.2) is 60.8 Å². The number of aryl methyl sites for hydroxylation is 1. The highest BCUT2D eigenvalue weighted by molar-refractivity contribution is 5.81. The molecule has 0 unspecified atom stereocenters. The molecular weight excluding hydrogens is 232 g/mol. The fraction of sp³-hybridized carbons (Fsp3) is 0.118. The molecule has 0 saturated carbocycles. The SMILES string of the molecule is Cc1ccccc1CNc1cnc2ccccc2c1. The third-order valence-corrected chi connectivity index (χ3v) is 3.33. The minimum absolute atomic E-state index is 0.826. The molecule has 1 N–H and O–H groups in total. The Balaban J connectivity index is 1.80. The van der Waals surface area contributed by atoms with Crippen molar-refractivity contribution < 1.29 is 0 Å². The van der Waals surface area contributed by atoms with Crippen LogP contribution >= 0.6 is 0 Å². The normalized spacial score (nSPS) is 10.6. The molecule has 0 amide bonds. The summed E-state index contributed by atoms with van der Waals surface area (Å²) in [7, 11) is 0. The number of benzene rings is 2. The van der Waals surface area contributed by atoms with E-state index >= 15 is 0 Å². The number of para-hydroxylation sites is 1. The zero-order valence-electron chi connectivity index (χ0n) is 10.9. The maximum Gasteiger partial charge on any atom is 0.0703 e. The highest BCUT2D eigenvalue weighted by Gasteiger charge is 1.99. The van der Waals surface area contributed by atoms with Crippen LogP contribution in [0.5, 0.6) is 0 Å². The van der Waals surface area contributed by atoms with Crippen LogP contribution in [0.4, 0.5) is 5.69 Å². The lowest BCUT2D eigenvalue weighted by atomic mass is 10.1. The molecule has 0 aliphatic carbocycles. The van der Waals surface area contributed by atoms with Gasteiger partial charge in [0.1, 0.15) is 0 Å². The summed E-state index contributed by atoms with van der Waals surface area (Å²) in [5.74, 6) is 0. The zero-order chi connectivity index (χ0) is 13.1. The van der Waals surface area contributed by atoms with E-state index in [2.05, 4.69) is 53.6 Å². The molecule has 3 aromatic rings. The lowest BCUT2D eigenvalue weighted by Gasteiger charge is -2.09. The smallest absolute Gasteiger partial charge is 0.0703 e. The van der Waals surface area contributed by atoms with Crippen molar-refractivity contribution in [3.05, 3.63) is 71.9 Å². The van der Waals surface area contributed by atoms with Gasteiger partial charge in [-0.25, -0.2) is 0 Å². The maximum atomic E-state index is 4.45. The van der Waals surface area contributed by atoms with Gasteiger partial charge in [0, 0.05) is 11.9 Å². The average Bonchev–Trinajstić information content (AvgIpc) is 2.46. The number of fused-ring (bicyclic) bond motifs is 1. The number of hydrogen-bond donors (Lipinski definition) is 1. The molecule has 0 saturated heterocycles. The van der Waals surface area contributed by atoms with Gasteiger partial charge >= 0.3 is 0 Å². The molecule has 1 aromatic heterocycles. The molecule has 2 nitrogen and oxygen atoms in total. The highest BCUT2D eigenvalue weighted by Crippen LogP contribution is 2.17. The van der Waals surface area contributed by atoms with Gasteiger partial charge in [0.15, 0.2) is 0 Å². The summed E-state index contributed by atoms with van der Waals surface area (Å²) in [4.78, 5) is 4.45. The first kappa shape index (κ1) is 11.7. The minimum atomic E-state index is 0.826. The summed E-state index contributed by atoms with van der Waals surface area (Å²) >= 11 is 0. The molecule has 94 valence electrons. The third-order valence-electron chi connectivity index (χ3n) is 3.33. The third kappa shape index (κ3) is 2.58. The standard InChI is InChI=1S/C17H16N2/c1-13-6-2-3-8-15(13)11-18-16-10-14-7-4-5-9-17(14)19-12-16/h2-10,12,18H,11H2,1H3. The van der Waals surface area contributed by atoms with Gasteiger partial charge in [-0.05, 0) is 30.2 Å². The Hall–Kier alpha value is -2.35. The molecule has 3 rings (SSSR count). The fourth-order valence-corrected chi connectivity index (χ4v) is 2.17. The molecule has 0 spiro atoms. The molecule has 0 bridgehead atoms. The van der Waals surface area contributed by atoms with Crippen LogP contribution in [0.25, 0.3) is 10.9 Å². The van der Waals surface area contributed by atoms with Crippen LogP contribution < -0.4 is 5.32 Å². The van der Waals surface area contributed by atoms with E-state index < -0.39 is 0 Å². The van der Waals surface area contributed by atoms with Crippen molar-refractivity contribution in [3.63, 3.8) is 0 Å². The largest absolute Gasteiger partial charge is 0.380 e. The molecule has 1 heterocycles. The van der Waals surface area contributed by atoms with Crippen LogP contribution in [-0.4, -0.2) is 4.98 Å². The summed E-state index contributed by atoms with van der Waals surface area (Å²) in [6, 6.07) is 18.7. The first-order valence-corrected chi connectivity index (χ1v) is 6.46. The number of anilines is 1. The van der Waals surface area contributed by atoms with E-state index in [-0.39, 0.29) is 0 Å². The van der Waals surface area contributed by atoms with Crippen molar-refractivity contribution in [2.24, 2.45) is 0 Å². The Bertz CT molecular complexity index is 704. The van der Waals surface area contributed by atoms with E-state index in [1.807, 2.05) is 24.4 Å². The maximum absolute atomic E-state index is 4.45. The number of hydrogen-bond acceptors (Lipinski definition) is 2. The second-order valence-corrected chi connectivity index (χ2v) is 4.70. The summed E-state index contributed by atoms with van der Waals surface area (Å²) in [6.45, 7) is 2.96. The molecule has 0 aliphatic heterocycles. The minimum Gasteiger partial charge on any atom is -0.380 e. The zero-order valence-corrected chi connectivity index (χ0v) is 10.9. The van der Waals surface area contributed by atoms with Crippen LogP contribution in [0, 0.1) is 6.92 Å². The van der Waals surface area contributed by atoms with Crippen molar-refractivity contribution in [2.45, 2.75) is 13.5 Å². The van der Waals surface area contributed by atoms with Crippen molar-refractivity contribution in [1.82, 2.24) is 4.98 Å². The number of nitrogens with one attached hydrogen (secondary N) is 1. The first-order chi connectivity index (χ1) is 9.33. The molecule has 2 heteroatoms. The first-order valence-electron chi connectivity index (χ1n) is 6.46. The lowest BCUT2D eigenvalue weighted by Crippen LogP contribution is -2.01. The monoisotopic (exact) mass is 248 g/mol. The lowest BCUT2D eigenvalue weighted by molar-refractivity contribution is 1.11. The summed E-state index contributed by atoms with van der Waals surface area (Å²) in [6.07, 6.45) is 1.89. The molecule has 0 atom stereocenters. The molecule has 0 radical (unpaired) electrons. The fourth-order valence-electron chi connectivity index (χ4n) is 2.17. The Kier molecular flexibility index (Phi) is 3.15. The van der Waals surface area contributed by atoms with E-state index in [1.54, 1.807) is 0 Å². The van der Waals surface area contributed by atoms with Crippen molar-refractivity contribution in [1.29, 1.82) is 0 Å². The van der Waals surface area contributed by atoms with E-state index in [9.17, 15) is 0 Å². The second-order valence-electron chi connectivity index (χ2n) is 4.70. The number of rotatable bonds is 3. The van der Waals surface area contributed by atoms with E-state index in [4.69, 9.17) is 0 Å². The van der Waals surface area contributed by atoms with Gasteiger partial charge in [0.05, 0.1) is 17.4 Å². The number of nitrogens with zero attached hydrogens (tertiary/aromatic N) is 1. The Morgan fingerprint density at radius 1 is 1.00 bits per heavy atom. The van der Waals surface area contributed by atoms with Gasteiger partial charge in [-0.2, -0.15) is 0 Å². The predicted octanol–water partition coefficient (Wildman–Crippen LogP) is 4.16. The van der Waals surface area contributed by atoms with Gasteiger partial charge < -0.3 is 5.32 Å². The molecule has 0 fully saturated rings. The van der Waals surface area contributed by atoms with Gasteiger partial charge in [0.25, 0.3) is 0 Å². The van der Waals surface area contributed by atoms with Gasteiger partial charge in [0.2, 0.25) is 0 Å². The highest BCUT2D eigenvalue weighted by atomic mass is 14.9. The quantitative estimate of drug-likeness (QED) is 0.753. The van der Waals surface area contributed by atoms with Crippen molar-refractivity contribution in [2.75, 3.05) is 5.32 Å². The number of pyridine rings is 1. The Labute approximate surface area is 113 Å². The topological polar surface area (TPSA) is 24.9 Å². The van der Waals surface area contributed by atoms with Gasteiger partial charge in [-0.1, -0.05) is 42.5 Å². The van der Waals surface area contributed by atoms with E-state index in [0.29, 0.717) is 0 Å². The van der Waals surface area contributed by atoms with Gasteiger partial charge in [-0.15, -0.1) is 0 Å². The molecule has 2 aromatic carbocycles. The van der Waals surface area contributed by atoms with Crippen molar-refractivity contribution >= 4 is 16.6 Å². The van der Waals surface area contributed by atoms with Crippen LogP contribution in [-0.2, 0) is 6.54 Å². The Morgan fingerprint density at radius 3 is 2.68 bits per heavy atom. The average molecular weight is 248 g/mol. The molecule has 19 heavy (non-hydrogen) atoms. The van der Waals surface area contributed by atoms with Gasteiger partial charge in [-0.3, -0.25) is 4.98 Å². The van der Waals surface area contributed by atoms with Crippen molar-refractivity contribution in [3.8, 4) is 0 Å². The van der Waals surface area contributed by atoms with Crippen LogP contribution in [0.1, 0.15) is 11.1 Å². The summed E-state index contributed by atoms with van der Waals surface area (Å²) < 4.78 is 0. The predicted molar refractivity (Wildman–Crippen MR) is 80.2 cm³/mol. The molecule has 0 aliphatic rings. The van der Waals surface area contributed by atoms with Crippen LogP contribution in [0.3, 0.4) is 0 Å².